The third kappa shape index (κ3) is 4.65. The van der Waals surface area contributed by atoms with Gasteiger partial charge in [0.1, 0.15) is 0 Å². The molecule has 0 fully saturated rings. The van der Waals surface area contributed by atoms with Crippen molar-refractivity contribution in [3.05, 3.63) is 34.9 Å². The number of unbranched alkanes of at least 4 members (excludes halogenated alkanes) is 2. The molecular formula is C13H17ClN2. The summed E-state index contributed by atoms with van der Waals surface area (Å²) < 4.78 is 0. The lowest BCUT2D eigenvalue weighted by molar-refractivity contribution is 0.549. The number of nitrogens with zero attached hydrogens (tertiary/aromatic N) is 1. The highest BCUT2D eigenvalue weighted by atomic mass is 35.5. The van der Waals surface area contributed by atoms with Crippen LogP contribution in [0.4, 0.5) is 0 Å². The molecule has 0 saturated heterocycles. The van der Waals surface area contributed by atoms with Crippen LogP contribution < -0.4 is 5.32 Å². The molecule has 1 N–H and O–H groups in total. The lowest BCUT2D eigenvalue weighted by atomic mass is 10.1. The normalized spacial score (nSPS) is 12.1. The molecule has 0 aliphatic heterocycles. The summed E-state index contributed by atoms with van der Waals surface area (Å²) in [7, 11) is 0. The molecule has 0 unspecified atom stereocenters. The Bertz CT molecular complexity index is 340. The van der Waals surface area contributed by atoms with Crippen molar-refractivity contribution in [2.24, 2.45) is 0 Å². The van der Waals surface area contributed by atoms with Crippen molar-refractivity contribution in [2.45, 2.75) is 32.2 Å². The summed E-state index contributed by atoms with van der Waals surface area (Å²) in [5.74, 6) is 0. The first-order valence-corrected chi connectivity index (χ1v) is 5.97. The molecular weight excluding hydrogens is 220 g/mol. The molecule has 1 aromatic carbocycles. The second kappa shape index (κ2) is 7.27. The van der Waals surface area contributed by atoms with Gasteiger partial charge >= 0.3 is 0 Å². The first-order chi connectivity index (χ1) is 7.74. The second-order valence-corrected chi connectivity index (χ2v) is 4.28. The van der Waals surface area contributed by atoms with Gasteiger partial charge in [-0.25, -0.2) is 0 Å². The van der Waals surface area contributed by atoms with Gasteiger partial charge in [-0.1, -0.05) is 23.7 Å². The van der Waals surface area contributed by atoms with E-state index in [4.69, 9.17) is 16.9 Å². The van der Waals surface area contributed by atoms with Gasteiger partial charge < -0.3 is 5.32 Å². The number of benzene rings is 1. The van der Waals surface area contributed by atoms with Crippen LogP contribution in [0.25, 0.3) is 0 Å². The predicted molar refractivity (Wildman–Crippen MR) is 67.3 cm³/mol. The Morgan fingerprint density at radius 3 is 2.62 bits per heavy atom. The second-order valence-electron chi connectivity index (χ2n) is 3.84. The number of rotatable bonds is 6. The van der Waals surface area contributed by atoms with E-state index >= 15 is 0 Å². The average molecular weight is 237 g/mol. The fraction of sp³-hybridized carbons (Fsp3) is 0.462. The molecule has 1 rings (SSSR count). The Morgan fingerprint density at radius 1 is 1.31 bits per heavy atom. The minimum absolute atomic E-state index is 0.333. The predicted octanol–water partition coefficient (Wildman–Crippen LogP) is 3.68. The summed E-state index contributed by atoms with van der Waals surface area (Å²) in [6.45, 7) is 3.08. The van der Waals surface area contributed by atoms with Crippen molar-refractivity contribution in [3.8, 4) is 6.07 Å². The summed E-state index contributed by atoms with van der Waals surface area (Å²) in [6, 6.07) is 10.4. The maximum Gasteiger partial charge on any atom is 0.0621 e. The standard InChI is InChI=1S/C13H17ClN2/c1-11(16-10-4-2-3-9-15)12-5-7-13(14)8-6-12/h5-8,11,16H,2-4,10H2,1H3/t11-/m0/s1. The summed E-state index contributed by atoms with van der Waals surface area (Å²) in [4.78, 5) is 0. The van der Waals surface area contributed by atoms with Crippen molar-refractivity contribution >= 4 is 11.6 Å². The Kier molecular flexibility index (Phi) is 5.92. The van der Waals surface area contributed by atoms with Crippen molar-refractivity contribution in [2.75, 3.05) is 6.54 Å². The van der Waals surface area contributed by atoms with Crippen LogP contribution in [0.2, 0.25) is 5.02 Å². The van der Waals surface area contributed by atoms with Crippen LogP contribution in [0.3, 0.4) is 0 Å². The Balaban J connectivity index is 2.27. The van der Waals surface area contributed by atoms with Gasteiger partial charge in [-0.15, -0.1) is 0 Å². The SMILES string of the molecule is C[C@H](NCCCCC#N)c1ccc(Cl)cc1. The van der Waals surface area contributed by atoms with E-state index in [1.165, 1.54) is 5.56 Å². The fourth-order valence-electron chi connectivity index (χ4n) is 1.52. The van der Waals surface area contributed by atoms with E-state index < -0.39 is 0 Å². The zero-order valence-electron chi connectivity index (χ0n) is 9.54. The Hall–Kier alpha value is -1.04. The zero-order chi connectivity index (χ0) is 11.8. The third-order valence-corrected chi connectivity index (χ3v) is 2.79. The summed E-state index contributed by atoms with van der Waals surface area (Å²) in [6.07, 6.45) is 2.67. The van der Waals surface area contributed by atoms with Crippen LogP contribution >= 0.6 is 11.6 Å². The fourth-order valence-corrected chi connectivity index (χ4v) is 1.64. The first-order valence-electron chi connectivity index (χ1n) is 5.60. The molecule has 0 bridgehead atoms. The Labute approximate surface area is 102 Å². The van der Waals surface area contributed by atoms with E-state index in [1.807, 2.05) is 24.3 Å². The van der Waals surface area contributed by atoms with Gasteiger partial charge in [0.15, 0.2) is 0 Å². The van der Waals surface area contributed by atoms with Gasteiger partial charge in [0.05, 0.1) is 6.07 Å². The van der Waals surface area contributed by atoms with E-state index in [2.05, 4.69) is 18.3 Å². The molecule has 2 nitrogen and oxygen atoms in total. The lowest BCUT2D eigenvalue weighted by Gasteiger charge is -2.13. The van der Waals surface area contributed by atoms with Gasteiger partial charge in [0.2, 0.25) is 0 Å². The minimum Gasteiger partial charge on any atom is -0.310 e. The third-order valence-electron chi connectivity index (χ3n) is 2.54. The molecule has 0 heterocycles. The quantitative estimate of drug-likeness (QED) is 0.765. The molecule has 0 aromatic heterocycles. The van der Waals surface area contributed by atoms with Gasteiger partial charge in [0, 0.05) is 17.5 Å². The number of nitriles is 1. The summed E-state index contributed by atoms with van der Waals surface area (Å²) >= 11 is 5.83. The van der Waals surface area contributed by atoms with Gasteiger partial charge in [0.25, 0.3) is 0 Å². The molecule has 0 aliphatic carbocycles. The van der Waals surface area contributed by atoms with Gasteiger partial charge in [-0.3, -0.25) is 0 Å². The molecule has 3 heteroatoms. The molecule has 16 heavy (non-hydrogen) atoms. The number of halogens is 1. The zero-order valence-corrected chi connectivity index (χ0v) is 10.3. The van der Waals surface area contributed by atoms with Crippen molar-refractivity contribution < 1.29 is 0 Å². The average Bonchev–Trinajstić information content (AvgIpc) is 2.29. The lowest BCUT2D eigenvalue weighted by Crippen LogP contribution is -2.19. The van der Waals surface area contributed by atoms with E-state index in [0.29, 0.717) is 12.5 Å². The summed E-state index contributed by atoms with van der Waals surface area (Å²) in [5.41, 5.74) is 1.24. The monoisotopic (exact) mass is 236 g/mol. The molecule has 0 radical (unpaired) electrons. The maximum absolute atomic E-state index is 8.40. The molecule has 0 saturated carbocycles. The number of nitrogens with one attached hydrogen (secondary N) is 1. The number of hydrogen-bond donors (Lipinski definition) is 1. The largest absolute Gasteiger partial charge is 0.310 e. The molecule has 0 aliphatic rings. The van der Waals surface area contributed by atoms with E-state index in [1.54, 1.807) is 0 Å². The highest BCUT2D eigenvalue weighted by Crippen LogP contribution is 2.15. The van der Waals surface area contributed by atoms with Gasteiger partial charge in [-0.2, -0.15) is 5.26 Å². The van der Waals surface area contributed by atoms with Crippen molar-refractivity contribution in [1.29, 1.82) is 5.26 Å². The Morgan fingerprint density at radius 2 is 2.00 bits per heavy atom. The van der Waals surface area contributed by atoms with E-state index in [-0.39, 0.29) is 0 Å². The van der Waals surface area contributed by atoms with Gasteiger partial charge in [-0.05, 0) is 44.0 Å². The molecule has 86 valence electrons. The van der Waals surface area contributed by atoms with E-state index in [0.717, 1.165) is 24.4 Å². The van der Waals surface area contributed by atoms with Crippen LogP contribution in [-0.2, 0) is 0 Å². The van der Waals surface area contributed by atoms with Crippen molar-refractivity contribution in [1.82, 2.24) is 5.32 Å². The highest BCUT2D eigenvalue weighted by Gasteiger charge is 2.03. The van der Waals surface area contributed by atoms with Crippen LogP contribution in [0, 0.1) is 11.3 Å². The first kappa shape index (κ1) is 13.0. The van der Waals surface area contributed by atoms with Crippen LogP contribution in [0.1, 0.15) is 37.8 Å². The van der Waals surface area contributed by atoms with E-state index in [9.17, 15) is 0 Å². The number of hydrogen-bond acceptors (Lipinski definition) is 2. The molecule has 1 aromatic rings. The molecule has 0 spiro atoms. The van der Waals surface area contributed by atoms with Crippen molar-refractivity contribution in [3.63, 3.8) is 0 Å². The highest BCUT2D eigenvalue weighted by molar-refractivity contribution is 6.30. The minimum atomic E-state index is 0.333. The molecule has 1 atom stereocenters. The summed E-state index contributed by atoms with van der Waals surface area (Å²) in [5, 5.41) is 12.6. The maximum atomic E-state index is 8.40. The molecule has 0 amide bonds. The van der Waals surface area contributed by atoms with Crippen LogP contribution in [-0.4, -0.2) is 6.54 Å². The topological polar surface area (TPSA) is 35.8 Å². The smallest absolute Gasteiger partial charge is 0.0621 e. The van der Waals surface area contributed by atoms with Crippen LogP contribution in [0.15, 0.2) is 24.3 Å². The van der Waals surface area contributed by atoms with Crippen LogP contribution in [0.5, 0.6) is 0 Å².